The lowest BCUT2D eigenvalue weighted by atomic mass is 10.0. The van der Waals surface area contributed by atoms with E-state index in [4.69, 9.17) is 23.2 Å². The zero-order chi connectivity index (χ0) is 13.1. The second-order valence-corrected chi connectivity index (χ2v) is 5.31. The largest absolute Gasteiger partial charge is 0.294 e. The van der Waals surface area contributed by atoms with Crippen LogP contribution in [0.2, 0.25) is 10.0 Å². The molecule has 0 aliphatic carbocycles. The van der Waals surface area contributed by atoms with Gasteiger partial charge in [-0.3, -0.25) is 9.78 Å². The van der Waals surface area contributed by atoms with E-state index in [1.54, 1.807) is 30.5 Å². The highest BCUT2D eigenvalue weighted by molar-refractivity contribution is 9.10. The number of carbonyl (C=O) groups excluding carboxylic acids is 1. The molecule has 0 amide bonds. The minimum absolute atomic E-state index is 0.0746. The van der Waals surface area contributed by atoms with Crippen molar-refractivity contribution in [1.29, 1.82) is 0 Å². The first kappa shape index (κ1) is 13.5. The van der Waals surface area contributed by atoms with E-state index in [0.717, 1.165) is 5.56 Å². The summed E-state index contributed by atoms with van der Waals surface area (Å²) >= 11 is 15.3. The van der Waals surface area contributed by atoms with Crippen LogP contribution in [0.15, 0.2) is 41.1 Å². The van der Waals surface area contributed by atoms with Gasteiger partial charge in [-0.15, -0.1) is 0 Å². The molecule has 2 nitrogen and oxygen atoms in total. The molecule has 0 saturated heterocycles. The van der Waals surface area contributed by atoms with Gasteiger partial charge in [0.2, 0.25) is 0 Å². The Bertz CT molecular complexity index is 601. The van der Waals surface area contributed by atoms with E-state index in [9.17, 15) is 4.79 Å². The molecule has 2 aromatic rings. The Balaban J connectivity index is 2.28. The standard InChI is InChI=1S/C13H8BrCl2NO/c14-10-3-1-2-9(13(10)16)12(18)6-8-4-5-17-7-11(8)15/h1-5,7H,6H2. The number of hydrogen-bond acceptors (Lipinski definition) is 2. The van der Waals surface area contributed by atoms with Gasteiger partial charge < -0.3 is 0 Å². The van der Waals surface area contributed by atoms with Gasteiger partial charge in [0.25, 0.3) is 0 Å². The van der Waals surface area contributed by atoms with E-state index in [1.807, 2.05) is 0 Å². The van der Waals surface area contributed by atoms with Crippen molar-refractivity contribution in [3.05, 3.63) is 62.3 Å². The van der Waals surface area contributed by atoms with Crippen molar-refractivity contribution in [2.45, 2.75) is 6.42 Å². The molecule has 5 heteroatoms. The lowest BCUT2D eigenvalue weighted by molar-refractivity contribution is 0.0993. The molecule has 92 valence electrons. The fourth-order valence-corrected chi connectivity index (χ4v) is 2.32. The summed E-state index contributed by atoms with van der Waals surface area (Å²) in [6.45, 7) is 0. The fourth-order valence-electron chi connectivity index (χ4n) is 1.53. The number of Topliss-reactive ketones (excluding diaryl/α,β-unsaturated/α-hetero) is 1. The first-order valence-electron chi connectivity index (χ1n) is 5.15. The smallest absolute Gasteiger partial charge is 0.168 e. The van der Waals surface area contributed by atoms with Crippen LogP contribution in [0.3, 0.4) is 0 Å². The Morgan fingerprint density at radius 2 is 2.06 bits per heavy atom. The molecule has 1 aromatic heterocycles. The van der Waals surface area contributed by atoms with Crippen LogP contribution < -0.4 is 0 Å². The van der Waals surface area contributed by atoms with E-state index in [0.29, 0.717) is 20.1 Å². The molecule has 0 fully saturated rings. The molecule has 0 aliphatic rings. The molecule has 0 radical (unpaired) electrons. The Morgan fingerprint density at radius 3 is 2.78 bits per heavy atom. The zero-order valence-electron chi connectivity index (χ0n) is 9.16. The predicted molar refractivity (Wildman–Crippen MR) is 76.4 cm³/mol. The summed E-state index contributed by atoms with van der Waals surface area (Å²) in [7, 11) is 0. The maximum atomic E-state index is 12.2. The third-order valence-electron chi connectivity index (χ3n) is 2.46. The average molecular weight is 345 g/mol. The number of hydrogen-bond donors (Lipinski definition) is 0. The molecule has 1 heterocycles. The predicted octanol–water partition coefficient (Wildman–Crippen LogP) is 4.58. The minimum atomic E-state index is -0.0746. The van der Waals surface area contributed by atoms with Crippen LogP contribution >= 0.6 is 39.1 Å². The summed E-state index contributed by atoms with van der Waals surface area (Å²) in [6.07, 6.45) is 3.33. The number of ketones is 1. The molecule has 0 bridgehead atoms. The van der Waals surface area contributed by atoms with Crippen molar-refractivity contribution < 1.29 is 4.79 Å². The van der Waals surface area contributed by atoms with Crippen LogP contribution in [0, 0.1) is 0 Å². The summed E-state index contributed by atoms with van der Waals surface area (Å²) in [5.74, 6) is -0.0746. The SMILES string of the molecule is O=C(Cc1ccncc1Cl)c1cccc(Br)c1Cl. The molecular weight excluding hydrogens is 337 g/mol. The Morgan fingerprint density at radius 1 is 1.28 bits per heavy atom. The van der Waals surface area contributed by atoms with Gasteiger partial charge in [0.05, 0.1) is 10.0 Å². The van der Waals surface area contributed by atoms with Crippen LogP contribution in [-0.2, 0) is 6.42 Å². The van der Waals surface area contributed by atoms with Crippen molar-refractivity contribution >= 4 is 44.9 Å². The normalized spacial score (nSPS) is 10.4. The number of halogens is 3. The molecular formula is C13H8BrCl2NO. The highest BCUT2D eigenvalue weighted by Crippen LogP contribution is 2.27. The van der Waals surface area contributed by atoms with Gasteiger partial charge in [0.15, 0.2) is 5.78 Å². The van der Waals surface area contributed by atoms with Gasteiger partial charge in [-0.2, -0.15) is 0 Å². The van der Waals surface area contributed by atoms with Crippen molar-refractivity contribution in [2.75, 3.05) is 0 Å². The lowest BCUT2D eigenvalue weighted by Crippen LogP contribution is -2.05. The Labute approximate surface area is 123 Å². The number of carbonyl (C=O) groups is 1. The van der Waals surface area contributed by atoms with E-state index < -0.39 is 0 Å². The lowest BCUT2D eigenvalue weighted by Gasteiger charge is -2.06. The van der Waals surface area contributed by atoms with E-state index >= 15 is 0 Å². The molecule has 0 spiro atoms. The molecule has 0 saturated carbocycles. The number of nitrogens with zero attached hydrogens (tertiary/aromatic N) is 1. The van der Waals surface area contributed by atoms with Crippen molar-refractivity contribution in [2.24, 2.45) is 0 Å². The molecule has 1 aromatic carbocycles. The van der Waals surface area contributed by atoms with E-state index in [-0.39, 0.29) is 12.2 Å². The Kier molecular flexibility index (Phi) is 4.38. The highest BCUT2D eigenvalue weighted by atomic mass is 79.9. The third-order valence-corrected chi connectivity index (χ3v) is 4.10. The topological polar surface area (TPSA) is 30.0 Å². The maximum absolute atomic E-state index is 12.2. The van der Waals surface area contributed by atoms with Crippen LogP contribution in [0.1, 0.15) is 15.9 Å². The van der Waals surface area contributed by atoms with Crippen LogP contribution in [-0.4, -0.2) is 10.8 Å². The first-order valence-corrected chi connectivity index (χ1v) is 6.70. The van der Waals surface area contributed by atoms with Gasteiger partial charge >= 0.3 is 0 Å². The average Bonchev–Trinajstić information content (AvgIpc) is 2.35. The quantitative estimate of drug-likeness (QED) is 0.763. The van der Waals surface area contributed by atoms with Gasteiger partial charge in [-0.05, 0) is 39.7 Å². The maximum Gasteiger partial charge on any atom is 0.168 e. The highest BCUT2D eigenvalue weighted by Gasteiger charge is 2.14. The fraction of sp³-hybridized carbons (Fsp3) is 0.0769. The molecule has 0 N–H and O–H groups in total. The van der Waals surface area contributed by atoms with Gasteiger partial charge in [-0.25, -0.2) is 0 Å². The number of rotatable bonds is 3. The summed E-state index contributed by atoms with van der Waals surface area (Å²) in [4.78, 5) is 16.0. The number of pyridine rings is 1. The van der Waals surface area contributed by atoms with Gasteiger partial charge in [-0.1, -0.05) is 29.3 Å². The summed E-state index contributed by atoms with van der Waals surface area (Å²) < 4.78 is 0.704. The number of aromatic nitrogens is 1. The van der Waals surface area contributed by atoms with Gasteiger partial charge in [0, 0.05) is 28.9 Å². The second kappa shape index (κ2) is 5.83. The van der Waals surface area contributed by atoms with E-state index in [2.05, 4.69) is 20.9 Å². The van der Waals surface area contributed by atoms with Crippen molar-refractivity contribution in [1.82, 2.24) is 4.98 Å². The van der Waals surface area contributed by atoms with Crippen molar-refractivity contribution in [3.63, 3.8) is 0 Å². The Hall–Kier alpha value is -0.900. The molecule has 0 aliphatic heterocycles. The number of benzene rings is 1. The summed E-state index contributed by atoms with van der Waals surface area (Å²) in [5.41, 5.74) is 1.23. The zero-order valence-corrected chi connectivity index (χ0v) is 12.3. The van der Waals surface area contributed by atoms with Crippen LogP contribution in [0.25, 0.3) is 0 Å². The van der Waals surface area contributed by atoms with Crippen molar-refractivity contribution in [3.8, 4) is 0 Å². The second-order valence-electron chi connectivity index (χ2n) is 3.67. The third kappa shape index (κ3) is 2.91. The van der Waals surface area contributed by atoms with Gasteiger partial charge in [0.1, 0.15) is 0 Å². The van der Waals surface area contributed by atoms with E-state index in [1.165, 1.54) is 6.20 Å². The molecule has 18 heavy (non-hydrogen) atoms. The van der Waals surface area contributed by atoms with Crippen LogP contribution in [0.4, 0.5) is 0 Å². The molecule has 0 atom stereocenters. The first-order chi connectivity index (χ1) is 8.59. The van der Waals surface area contributed by atoms with Crippen LogP contribution in [0.5, 0.6) is 0 Å². The minimum Gasteiger partial charge on any atom is -0.294 e. The molecule has 2 rings (SSSR count). The summed E-state index contributed by atoms with van der Waals surface area (Å²) in [6, 6.07) is 6.99. The molecule has 0 unspecified atom stereocenters. The monoisotopic (exact) mass is 343 g/mol. The summed E-state index contributed by atoms with van der Waals surface area (Å²) in [5, 5.41) is 0.907.